The molecule has 3 nitrogen and oxygen atoms in total. The van der Waals surface area contributed by atoms with Gasteiger partial charge in [0.2, 0.25) is 0 Å². The monoisotopic (exact) mass is 142 g/mol. The Morgan fingerprint density at radius 2 is 2.20 bits per heavy atom. The van der Waals surface area contributed by atoms with Crippen LogP contribution in [0.3, 0.4) is 0 Å². The molecular formula is C6H11BO3. The Labute approximate surface area is 61.4 Å². The van der Waals surface area contributed by atoms with Gasteiger partial charge in [0.05, 0.1) is 12.7 Å². The smallest absolute Gasteiger partial charge is 0.109 e. The van der Waals surface area contributed by atoms with Gasteiger partial charge in [0.1, 0.15) is 14.0 Å². The molecule has 1 saturated heterocycles. The van der Waals surface area contributed by atoms with Crippen LogP contribution in [-0.2, 0) is 4.74 Å². The molecule has 4 heteroatoms. The molecule has 0 bridgehead atoms. The molecule has 1 unspecified atom stereocenters. The molecule has 0 spiro atoms. The Hall–Kier alpha value is -0.0551. The van der Waals surface area contributed by atoms with Crippen molar-refractivity contribution in [3.05, 3.63) is 0 Å². The zero-order chi connectivity index (χ0) is 7.72. The number of hydrogen-bond donors (Lipinski definition) is 2. The average molecular weight is 142 g/mol. The Kier molecular flexibility index (Phi) is 2.34. The van der Waals surface area contributed by atoms with Gasteiger partial charge >= 0.3 is 0 Å². The largest absolute Gasteiger partial charge is 0.394 e. The Morgan fingerprint density at radius 3 is 2.40 bits per heavy atom. The second-order valence-electron chi connectivity index (χ2n) is 2.67. The molecule has 1 heterocycles. The van der Waals surface area contributed by atoms with Gasteiger partial charge < -0.3 is 14.9 Å². The van der Waals surface area contributed by atoms with E-state index in [0.717, 1.165) is 0 Å². The standard InChI is InChI=1S/C6H11BO3/c1-3-5(9)4(2-8)10-6(3)7/h3-6,8-9H,2H2,1H3/t3-,4-,5?,6-/m0/s1. The first-order valence-electron chi connectivity index (χ1n) is 3.36. The third-order valence-electron chi connectivity index (χ3n) is 1.95. The van der Waals surface area contributed by atoms with Crippen molar-refractivity contribution in [1.29, 1.82) is 0 Å². The van der Waals surface area contributed by atoms with Gasteiger partial charge in [0, 0.05) is 11.9 Å². The summed E-state index contributed by atoms with van der Waals surface area (Å²) in [5.41, 5.74) is 0. The zero-order valence-corrected chi connectivity index (χ0v) is 5.90. The maximum Gasteiger partial charge on any atom is 0.109 e. The van der Waals surface area contributed by atoms with Crippen molar-refractivity contribution in [1.82, 2.24) is 0 Å². The van der Waals surface area contributed by atoms with E-state index in [1.54, 1.807) is 6.92 Å². The van der Waals surface area contributed by atoms with Gasteiger partial charge in [-0.15, -0.1) is 0 Å². The molecule has 0 aromatic carbocycles. The maximum absolute atomic E-state index is 9.26. The Bertz CT molecular complexity index is 120. The molecule has 0 saturated carbocycles. The lowest BCUT2D eigenvalue weighted by atomic mass is 9.86. The van der Waals surface area contributed by atoms with Crippen LogP contribution in [0.25, 0.3) is 0 Å². The van der Waals surface area contributed by atoms with Gasteiger partial charge in [-0.05, 0) is 0 Å². The van der Waals surface area contributed by atoms with Crippen LogP contribution in [0, 0.1) is 5.92 Å². The highest BCUT2D eigenvalue weighted by molar-refractivity contribution is 6.11. The van der Waals surface area contributed by atoms with E-state index < -0.39 is 18.2 Å². The van der Waals surface area contributed by atoms with E-state index in [1.807, 2.05) is 0 Å². The van der Waals surface area contributed by atoms with E-state index in [-0.39, 0.29) is 12.5 Å². The molecule has 0 aromatic heterocycles. The molecule has 1 aliphatic rings. The van der Waals surface area contributed by atoms with Crippen LogP contribution in [0.1, 0.15) is 6.92 Å². The van der Waals surface area contributed by atoms with Crippen LogP contribution < -0.4 is 0 Å². The molecule has 1 aliphatic heterocycles. The van der Waals surface area contributed by atoms with Gasteiger partial charge in [-0.3, -0.25) is 0 Å². The first-order chi connectivity index (χ1) is 4.66. The number of rotatable bonds is 1. The molecule has 10 heavy (non-hydrogen) atoms. The third kappa shape index (κ3) is 1.19. The van der Waals surface area contributed by atoms with E-state index in [1.165, 1.54) is 0 Å². The summed E-state index contributed by atoms with van der Waals surface area (Å²) >= 11 is 0. The minimum atomic E-state index is -0.625. The van der Waals surface area contributed by atoms with Gasteiger partial charge in [-0.25, -0.2) is 0 Å². The fourth-order valence-electron chi connectivity index (χ4n) is 1.09. The highest BCUT2D eigenvalue weighted by Crippen LogP contribution is 2.23. The molecule has 56 valence electrons. The lowest BCUT2D eigenvalue weighted by Gasteiger charge is -2.11. The van der Waals surface area contributed by atoms with Crippen LogP contribution in [0.5, 0.6) is 0 Å². The van der Waals surface area contributed by atoms with Crippen molar-refractivity contribution in [3.63, 3.8) is 0 Å². The van der Waals surface area contributed by atoms with Crippen LogP contribution in [-0.4, -0.2) is 42.9 Å². The van der Waals surface area contributed by atoms with Crippen LogP contribution in [0.15, 0.2) is 0 Å². The molecule has 0 aromatic rings. The summed E-state index contributed by atoms with van der Waals surface area (Å²) in [6.45, 7) is 1.63. The SMILES string of the molecule is [B][C@H]1O[C@@H](CO)C(O)[C@@H]1C. The third-order valence-corrected chi connectivity index (χ3v) is 1.95. The lowest BCUT2D eigenvalue weighted by Crippen LogP contribution is -2.28. The minimum absolute atomic E-state index is 0.0860. The molecule has 0 amide bonds. The van der Waals surface area contributed by atoms with Crippen molar-refractivity contribution in [2.45, 2.75) is 25.1 Å². The summed E-state index contributed by atoms with van der Waals surface area (Å²) in [6, 6.07) is -0.438. The van der Waals surface area contributed by atoms with Crippen molar-refractivity contribution in [2.75, 3.05) is 6.61 Å². The molecule has 2 N–H and O–H groups in total. The van der Waals surface area contributed by atoms with Gasteiger partial charge in [0.25, 0.3) is 0 Å². The first-order valence-corrected chi connectivity index (χ1v) is 3.36. The summed E-state index contributed by atoms with van der Waals surface area (Å²) in [6.07, 6.45) is -1.12. The summed E-state index contributed by atoms with van der Waals surface area (Å²) in [5, 5.41) is 17.9. The molecule has 1 fully saturated rings. The maximum atomic E-state index is 9.26. The van der Waals surface area contributed by atoms with Gasteiger partial charge in [0.15, 0.2) is 0 Å². The predicted octanol–water partition coefficient (Wildman–Crippen LogP) is -1.13. The number of ether oxygens (including phenoxy) is 1. The Morgan fingerprint density at radius 1 is 1.60 bits per heavy atom. The number of aliphatic hydroxyl groups is 2. The quantitative estimate of drug-likeness (QED) is 0.455. The zero-order valence-electron chi connectivity index (χ0n) is 5.90. The summed E-state index contributed by atoms with van der Waals surface area (Å²) in [5.74, 6) is -0.0860. The van der Waals surface area contributed by atoms with E-state index in [2.05, 4.69) is 0 Å². The van der Waals surface area contributed by atoms with Crippen LogP contribution in [0.4, 0.5) is 0 Å². The minimum Gasteiger partial charge on any atom is -0.394 e. The topological polar surface area (TPSA) is 49.7 Å². The average Bonchev–Trinajstić information content (AvgIpc) is 2.17. The van der Waals surface area contributed by atoms with Crippen molar-refractivity contribution >= 4 is 7.85 Å². The number of hydrogen-bond acceptors (Lipinski definition) is 3. The van der Waals surface area contributed by atoms with E-state index in [9.17, 15) is 5.11 Å². The second-order valence-corrected chi connectivity index (χ2v) is 2.67. The first kappa shape index (κ1) is 8.05. The highest BCUT2D eigenvalue weighted by Gasteiger charge is 2.36. The summed E-state index contributed by atoms with van der Waals surface area (Å²) in [4.78, 5) is 0. The van der Waals surface area contributed by atoms with Crippen molar-refractivity contribution in [2.24, 2.45) is 5.92 Å². The van der Waals surface area contributed by atoms with E-state index in [0.29, 0.717) is 0 Å². The lowest BCUT2D eigenvalue weighted by molar-refractivity contribution is -0.00490. The van der Waals surface area contributed by atoms with E-state index >= 15 is 0 Å². The van der Waals surface area contributed by atoms with Crippen molar-refractivity contribution in [3.8, 4) is 0 Å². The molecule has 4 atom stereocenters. The fraction of sp³-hybridized carbons (Fsp3) is 1.00. The predicted molar refractivity (Wildman–Crippen MR) is 36.7 cm³/mol. The van der Waals surface area contributed by atoms with Gasteiger partial charge in [-0.1, -0.05) is 6.92 Å². The van der Waals surface area contributed by atoms with Crippen LogP contribution >= 0.6 is 0 Å². The molecule has 2 radical (unpaired) electrons. The fourth-order valence-corrected chi connectivity index (χ4v) is 1.09. The second kappa shape index (κ2) is 2.90. The highest BCUT2D eigenvalue weighted by atomic mass is 16.5. The van der Waals surface area contributed by atoms with E-state index in [4.69, 9.17) is 17.7 Å². The summed E-state index contributed by atoms with van der Waals surface area (Å²) < 4.78 is 5.01. The molecular weight excluding hydrogens is 131 g/mol. The molecule has 1 rings (SSSR count). The van der Waals surface area contributed by atoms with Crippen LogP contribution in [0.2, 0.25) is 0 Å². The summed E-state index contributed by atoms with van der Waals surface area (Å²) in [7, 11) is 5.44. The number of aliphatic hydroxyl groups excluding tert-OH is 2. The molecule has 0 aliphatic carbocycles. The Balaban J connectivity index is 2.53. The normalized spacial score (nSPS) is 47.9. The van der Waals surface area contributed by atoms with Gasteiger partial charge in [-0.2, -0.15) is 0 Å². The van der Waals surface area contributed by atoms with Crippen molar-refractivity contribution < 1.29 is 14.9 Å².